The summed E-state index contributed by atoms with van der Waals surface area (Å²) in [6.45, 7) is 14.8. The average Bonchev–Trinajstić information content (AvgIpc) is 2.10. The summed E-state index contributed by atoms with van der Waals surface area (Å²) >= 11 is 0. The zero-order valence-corrected chi connectivity index (χ0v) is 10.5. The van der Waals surface area contributed by atoms with E-state index >= 15 is 0 Å². The molecule has 0 aromatic rings. The van der Waals surface area contributed by atoms with E-state index in [4.69, 9.17) is 0 Å². The van der Waals surface area contributed by atoms with Crippen molar-refractivity contribution in [1.82, 2.24) is 4.90 Å². The molecule has 1 heterocycles. The van der Waals surface area contributed by atoms with Gasteiger partial charge in [-0.2, -0.15) is 0 Å². The molecule has 1 rings (SSSR count). The molecular weight excluding hydrogens is 211 g/mol. The quantitative estimate of drug-likeness (QED) is 0.618. The Balaban J connectivity index is 0.000001000. The molecule has 0 bridgehead atoms. The fraction of sp³-hybridized carbons (Fsp3) is 0.778. The van der Waals surface area contributed by atoms with Gasteiger partial charge in [-0.15, -0.1) is 0 Å². The summed E-state index contributed by atoms with van der Waals surface area (Å²) in [7, 11) is 0. The summed E-state index contributed by atoms with van der Waals surface area (Å²) in [5.41, 5.74) is 0.0737. The number of nitrogens with zero attached hydrogens (tertiary/aromatic N) is 1. The second-order valence-corrected chi connectivity index (χ2v) is 3.81. The van der Waals surface area contributed by atoms with Crippen molar-refractivity contribution in [3.63, 3.8) is 0 Å². The van der Waals surface area contributed by atoms with Crippen LogP contribution in [0.4, 0.5) is 0 Å². The molecule has 1 radical (unpaired) electrons. The third-order valence-corrected chi connectivity index (χ3v) is 2.20. The van der Waals surface area contributed by atoms with Crippen LogP contribution in [0.25, 0.3) is 0 Å². The van der Waals surface area contributed by atoms with E-state index in [1.165, 1.54) is 6.54 Å². The average molecular weight is 228 g/mol. The van der Waals surface area contributed by atoms with Crippen molar-refractivity contribution >= 4 is 0 Å². The number of likely N-dealkylation sites (tertiary alicyclic amines) is 1. The van der Waals surface area contributed by atoms with Gasteiger partial charge in [-0.3, -0.25) is 5.41 Å². The van der Waals surface area contributed by atoms with Crippen LogP contribution in [-0.4, -0.2) is 24.0 Å². The first-order valence-electron chi connectivity index (χ1n) is 3.96. The van der Waals surface area contributed by atoms with Crippen molar-refractivity contribution in [2.45, 2.75) is 26.3 Å². The Morgan fingerprint density at radius 3 is 2.09 bits per heavy atom. The van der Waals surface area contributed by atoms with E-state index in [2.05, 4.69) is 32.6 Å². The molecule has 0 aliphatic carbocycles. The minimum absolute atomic E-state index is 0. The molecule has 0 aromatic carbocycles. The Labute approximate surface area is 95.8 Å². The van der Waals surface area contributed by atoms with Crippen LogP contribution in [0.15, 0.2) is 0 Å². The van der Waals surface area contributed by atoms with Crippen molar-refractivity contribution < 1.29 is 32.7 Å². The zero-order valence-electron chi connectivity index (χ0n) is 7.64. The van der Waals surface area contributed by atoms with Crippen LogP contribution in [0.2, 0.25) is 0 Å². The van der Waals surface area contributed by atoms with E-state index in [0.29, 0.717) is 6.04 Å². The molecule has 0 unspecified atom stereocenters. The van der Waals surface area contributed by atoms with E-state index < -0.39 is 0 Å². The summed E-state index contributed by atoms with van der Waals surface area (Å²) < 4.78 is 0. The molecule has 0 saturated carbocycles. The minimum atomic E-state index is 0. The van der Waals surface area contributed by atoms with Gasteiger partial charge in [0.15, 0.2) is 0 Å². The van der Waals surface area contributed by atoms with E-state index in [1.54, 1.807) is 0 Å². The first-order valence-corrected chi connectivity index (χ1v) is 3.96. The first-order chi connectivity index (χ1) is 4.51. The molecule has 0 spiro atoms. The van der Waals surface area contributed by atoms with Gasteiger partial charge in [0.05, 0.1) is 0 Å². The molecule has 0 amide bonds. The molecule has 1 aliphatic rings. The van der Waals surface area contributed by atoms with Crippen LogP contribution in [-0.2, 0) is 32.7 Å². The molecule has 2 heteroatoms. The second kappa shape index (κ2) is 4.34. The molecule has 0 aromatic heterocycles. The van der Waals surface area contributed by atoms with Gasteiger partial charge in [0, 0.05) is 38.8 Å². The minimum Gasteiger partial charge on any atom is -0.365 e. The standard InChI is InChI=1S/C9H17N.Y/c1-8(2)10-6-5-9(3,4)7-10;/h8H,3-7H2,1-2H3;/q-2;. The molecule has 1 nitrogen and oxygen atoms in total. The fourth-order valence-electron chi connectivity index (χ4n) is 1.41. The maximum atomic E-state index is 4.05. The summed E-state index contributed by atoms with van der Waals surface area (Å²) in [6, 6.07) is 0.658. The Bertz CT molecular complexity index is 121. The first kappa shape index (κ1) is 12.1. The molecule has 1 fully saturated rings. The van der Waals surface area contributed by atoms with Crippen LogP contribution in [0.1, 0.15) is 20.3 Å². The summed E-state index contributed by atoms with van der Waals surface area (Å²) in [4.78, 5) is 2.43. The molecule has 0 N–H and O–H groups in total. The maximum absolute atomic E-state index is 4.05. The fourth-order valence-corrected chi connectivity index (χ4v) is 1.41. The van der Waals surface area contributed by atoms with Gasteiger partial charge < -0.3 is 18.7 Å². The third-order valence-electron chi connectivity index (χ3n) is 2.20. The van der Waals surface area contributed by atoms with E-state index in [0.717, 1.165) is 13.0 Å². The Kier molecular flexibility index (Phi) is 4.76. The Morgan fingerprint density at radius 1 is 1.36 bits per heavy atom. The van der Waals surface area contributed by atoms with Crippen molar-refractivity contribution in [2.24, 2.45) is 5.41 Å². The van der Waals surface area contributed by atoms with Gasteiger partial charge in [-0.1, -0.05) is 6.42 Å². The van der Waals surface area contributed by atoms with Crippen LogP contribution >= 0.6 is 0 Å². The molecule has 0 atom stereocenters. The number of rotatable bonds is 1. The normalized spacial score (nSPS) is 23.7. The second-order valence-electron chi connectivity index (χ2n) is 3.81. The van der Waals surface area contributed by atoms with Crippen LogP contribution in [0.5, 0.6) is 0 Å². The molecule has 1 saturated heterocycles. The van der Waals surface area contributed by atoms with E-state index in [1.807, 2.05) is 0 Å². The summed E-state index contributed by atoms with van der Waals surface area (Å²) in [5, 5.41) is 0. The van der Waals surface area contributed by atoms with E-state index in [-0.39, 0.29) is 38.1 Å². The van der Waals surface area contributed by atoms with Crippen LogP contribution < -0.4 is 0 Å². The van der Waals surface area contributed by atoms with Crippen LogP contribution in [0.3, 0.4) is 0 Å². The number of hydrogen-bond donors (Lipinski definition) is 0. The predicted molar refractivity (Wildman–Crippen MR) is 44.5 cm³/mol. The maximum Gasteiger partial charge on any atom is 0.00367 e. The summed E-state index contributed by atoms with van der Waals surface area (Å²) in [6.07, 6.45) is 1.14. The Morgan fingerprint density at radius 2 is 1.91 bits per heavy atom. The zero-order chi connectivity index (χ0) is 7.78. The molecule has 1 aliphatic heterocycles. The van der Waals surface area contributed by atoms with Crippen molar-refractivity contribution in [2.75, 3.05) is 13.1 Å². The topological polar surface area (TPSA) is 3.24 Å². The molecule has 11 heavy (non-hydrogen) atoms. The van der Waals surface area contributed by atoms with Crippen molar-refractivity contribution in [3.8, 4) is 0 Å². The smallest absolute Gasteiger partial charge is 0.00367 e. The third kappa shape index (κ3) is 3.52. The van der Waals surface area contributed by atoms with Crippen molar-refractivity contribution in [1.29, 1.82) is 0 Å². The van der Waals surface area contributed by atoms with Gasteiger partial charge in [-0.25, -0.2) is 0 Å². The van der Waals surface area contributed by atoms with Gasteiger partial charge in [0.25, 0.3) is 0 Å². The largest absolute Gasteiger partial charge is 0.365 e. The van der Waals surface area contributed by atoms with E-state index in [9.17, 15) is 0 Å². The van der Waals surface area contributed by atoms with Gasteiger partial charge in [-0.05, 0) is 26.9 Å². The van der Waals surface area contributed by atoms with Gasteiger partial charge in [0.1, 0.15) is 0 Å². The molecular formula is C9H17NY-2. The van der Waals surface area contributed by atoms with Crippen molar-refractivity contribution in [3.05, 3.63) is 13.8 Å². The predicted octanol–water partition coefficient (Wildman–Crippen LogP) is 1.75. The van der Waals surface area contributed by atoms with Gasteiger partial charge in [0.2, 0.25) is 0 Å². The Hall–Kier alpha value is 1.06. The van der Waals surface area contributed by atoms with Crippen LogP contribution in [0, 0.1) is 19.3 Å². The SMILES string of the molecule is [CH2-]C1([CH2-])CCN(C(C)C)C1.[Y]. The number of hydrogen-bond acceptors (Lipinski definition) is 1. The summed E-state index contributed by atoms with van der Waals surface area (Å²) in [5.74, 6) is 0. The van der Waals surface area contributed by atoms with Gasteiger partial charge >= 0.3 is 0 Å². The molecule has 63 valence electrons. The monoisotopic (exact) mass is 228 g/mol.